The van der Waals surface area contributed by atoms with E-state index in [4.69, 9.17) is 19.9 Å². The summed E-state index contributed by atoms with van der Waals surface area (Å²) in [7, 11) is 0. The Balaban J connectivity index is 1.67. The minimum Gasteiger partial charge on any atom is -0.459 e. The Kier molecular flexibility index (Phi) is 4.76. The molecule has 8 heteroatoms. The highest BCUT2D eigenvalue weighted by Gasteiger charge is 2.65. The molecule has 1 aromatic heterocycles. The fourth-order valence-corrected chi connectivity index (χ4v) is 4.06. The minimum absolute atomic E-state index is 0.212. The molecule has 138 valence electrons. The van der Waals surface area contributed by atoms with Crippen molar-refractivity contribution in [2.75, 3.05) is 18.9 Å². The molecule has 2 saturated heterocycles. The Labute approximate surface area is 150 Å². The standard InChI is InChI=1S/C17H24N2O5S/c1-10(2)4-5-22-7-11-6-17(13(20)23-11)9-16(3,24-14(17)21)12-8-25-15(18)19-12/h8,10-11H,4-7,9H2,1-3H3,(H2,18,19)/t11-,16-,17+/m0/s1. The van der Waals surface area contributed by atoms with Gasteiger partial charge in [-0.15, -0.1) is 11.3 Å². The van der Waals surface area contributed by atoms with Crippen LogP contribution in [0.3, 0.4) is 0 Å². The lowest BCUT2D eigenvalue weighted by Crippen LogP contribution is -2.32. The van der Waals surface area contributed by atoms with E-state index in [1.165, 1.54) is 11.3 Å². The van der Waals surface area contributed by atoms with Gasteiger partial charge in [0.2, 0.25) is 0 Å². The van der Waals surface area contributed by atoms with Gasteiger partial charge in [-0.2, -0.15) is 0 Å². The molecular formula is C17H24N2O5S. The zero-order chi connectivity index (χ0) is 18.2. The maximum absolute atomic E-state index is 12.5. The Bertz CT molecular complexity index is 676. The van der Waals surface area contributed by atoms with Crippen molar-refractivity contribution in [2.24, 2.45) is 11.3 Å². The summed E-state index contributed by atoms with van der Waals surface area (Å²) in [6.07, 6.45) is 1.01. The van der Waals surface area contributed by atoms with Gasteiger partial charge in [-0.05, 0) is 19.3 Å². The summed E-state index contributed by atoms with van der Waals surface area (Å²) in [5, 5.41) is 2.16. The van der Waals surface area contributed by atoms with Crippen LogP contribution in [0.15, 0.2) is 5.38 Å². The van der Waals surface area contributed by atoms with Gasteiger partial charge in [0.1, 0.15) is 6.10 Å². The van der Waals surface area contributed by atoms with E-state index < -0.39 is 29.1 Å². The van der Waals surface area contributed by atoms with Crippen LogP contribution in [0.25, 0.3) is 0 Å². The molecule has 0 radical (unpaired) electrons. The number of hydrogen-bond acceptors (Lipinski definition) is 8. The summed E-state index contributed by atoms with van der Waals surface area (Å²) in [5.41, 5.74) is 4.03. The molecule has 1 aromatic rings. The Morgan fingerprint density at radius 3 is 2.84 bits per heavy atom. The maximum atomic E-state index is 12.5. The van der Waals surface area contributed by atoms with Crippen molar-refractivity contribution < 1.29 is 23.8 Å². The number of esters is 2. The van der Waals surface area contributed by atoms with E-state index in [9.17, 15) is 9.59 Å². The first-order valence-corrected chi connectivity index (χ1v) is 9.37. The first kappa shape index (κ1) is 18.1. The van der Waals surface area contributed by atoms with Gasteiger partial charge in [-0.25, -0.2) is 4.98 Å². The molecule has 2 aliphatic rings. The van der Waals surface area contributed by atoms with Crippen LogP contribution in [-0.2, 0) is 29.4 Å². The molecular weight excluding hydrogens is 344 g/mol. The normalized spacial score (nSPS) is 31.8. The summed E-state index contributed by atoms with van der Waals surface area (Å²) >= 11 is 1.28. The monoisotopic (exact) mass is 368 g/mol. The van der Waals surface area contributed by atoms with E-state index in [1.807, 2.05) is 0 Å². The lowest BCUT2D eigenvalue weighted by molar-refractivity contribution is -0.160. The zero-order valence-electron chi connectivity index (χ0n) is 14.7. The van der Waals surface area contributed by atoms with Gasteiger partial charge in [0.05, 0.1) is 12.3 Å². The van der Waals surface area contributed by atoms with E-state index in [-0.39, 0.29) is 12.8 Å². The second kappa shape index (κ2) is 6.57. The molecule has 3 heterocycles. The second-order valence-corrected chi connectivity index (χ2v) is 8.33. The van der Waals surface area contributed by atoms with Crippen molar-refractivity contribution in [3.63, 3.8) is 0 Å². The maximum Gasteiger partial charge on any atom is 0.324 e. The summed E-state index contributed by atoms with van der Waals surface area (Å²) in [4.78, 5) is 29.2. The third kappa shape index (κ3) is 3.37. The molecule has 0 amide bonds. The number of cyclic esters (lactones) is 2. The van der Waals surface area contributed by atoms with E-state index in [0.717, 1.165) is 6.42 Å². The van der Waals surface area contributed by atoms with Gasteiger partial charge in [0.15, 0.2) is 16.1 Å². The number of hydrogen-bond donors (Lipinski definition) is 1. The number of rotatable bonds is 6. The zero-order valence-corrected chi connectivity index (χ0v) is 15.6. The SMILES string of the molecule is CC(C)CCOC[C@@H]1C[C@@]2(C[C@@](C)(c3csc(N)n3)OC2=O)C(=O)O1. The number of nitrogens with two attached hydrogens (primary N) is 1. The van der Waals surface area contributed by atoms with Crippen LogP contribution >= 0.6 is 11.3 Å². The summed E-state index contributed by atoms with van der Waals surface area (Å²) in [6, 6.07) is 0. The number of anilines is 1. The predicted octanol–water partition coefficient (Wildman–Crippen LogP) is 2.25. The van der Waals surface area contributed by atoms with E-state index in [1.54, 1.807) is 12.3 Å². The van der Waals surface area contributed by atoms with Gasteiger partial charge in [-0.1, -0.05) is 13.8 Å². The highest BCUT2D eigenvalue weighted by molar-refractivity contribution is 7.13. The number of nitrogen functional groups attached to an aromatic ring is 1. The van der Waals surface area contributed by atoms with Crippen molar-refractivity contribution in [1.29, 1.82) is 0 Å². The Hall–Kier alpha value is -1.67. The minimum atomic E-state index is -1.26. The van der Waals surface area contributed by atoms with Gasteiger partial charge in [0.25, 0.3) is 0 Å². The molecule has 3 rings (SSSR count). The van der Waals surface area contributed by atoms with Crippen LogP contribution in [0.5, 0.6) is 0 Å². The molecule has 0 aliphatic carbocycles. The van der Waals surface area contributed by atoms with Crippen LogP contribution < -0.4 is 5.73 Å². The molecule has 2 N–H and O–H groups in total. The number of carbonyl (C=O) groups excluding carboxylic acids is 2. The van der Waals surface area contributed by atoms with Gasteiger partial charge in [0, 0.05) is 24.8 Å². The molecule has 0 bridgehead atoms. The number of ether oxygens (including phenoxy) is 3. The van der Waals surface area contributed by atoms with Crippen molar-refractivity contribution in [1.82, 2.24) is 4.98 Å². The number of aromatic nitrogens is 1. The van der Waals surface area contributed by atoms with Crippen molar-refractivity contribution >= 4 is 28.4 Å². The average molecular weight is 368 g/mol. The van der Waals surface area contributed by atoms with Crippen molar-refractivity contribution in [3.8, 4) is 0 Å². The molecule has 7 nitrogen and oxygen atoms in total. The highest BCUT2D eigenvalue weighted by atomic mass is 32.1. The number of carbonyl (C=O) groups is 2. The lowest BCUT2D eigenvalue weighted by atomic mass is 9.78. The van der Waals surface area contributed by atoms with Crippen LogP contribution in [0, 0.1) is 11.3 Å². The van der Waals surface area contributed by atoms with Gasteiger partial charge in [-0.3, -0.25) is 9.59 Å². The van der Waals surface area contributed by atoms with Crippen LogP contribution in [0.2, 0.25) is 0 Å². The molecule has 1 spiro atoms. The fourth-order valence-electron chi connectivity index (χ4n) is 3.38. The van der Waals surface area contributed by atoms with Crippen LogP contribution in [0.1, 0.15) is 45.7 Å². The molecule has 3 atom stereocenters. The first-order chi connectivity index (χ1) is 11.7. The van der Waals surface area contributed by atoms with Gasteiger partial charge < -0.3 is 19.9 Å². The summed E-state index contributed by atoms with van der Waals surface area (Å²) in [6.45, 7) is 6.91. The molecule has 2 aliphatic heterocycles. The number of nitrogens with zero attached hydrogens (tertiary/aromatic N) is 1. The fraction of sp³-hybridized carbons (Fsp3) is 0.706. The predicted molar refractivity (Wildman–Crippen MR) is 91.8 cm³/mol. The second-order valence-electron chi connectivity index (χ2n) is 7.44. The first-order valence-electron chi connectivity index (χ1n) is 8.49. The Morgan fingerprint density at radius 2 is 2.20 bits per heavy atom. The molecule has 25 heavy (non-hydrogen) atoms. The molecule has 0 aromatic carbocycles. The van der Waals surface area contributed by atoms with Crippen LogP contribution in [-0.4, -0.2) is 36.2 Å². The van der Waals surface area contributed by atoms with Gasteiger partial charge >= 0.3 is 11.9 Å². The van der Waals surface area contributed by atoms with Crippen molar-refractivity contribution in [3.05, 3.63) is 11.1 Å². The van der Waals surface area contributed by atoms with Crippen molar-refractivity contribution in [2.45, 2.75) is 51.7 Å². The van der Waals surface area contributed by atoms with E-state index in [2.05, 4.69) is 18.8 Å². The van der Waals surface area contributed by atoms with E-state index >= 15 is 0 Å². The molecule has 2 fully saturated rings. The third-order valence-corrected chi connectivity index (χ3v) is 5.47. The third-order valence-electron chi connectivity index (χ3n) is 4.80. The topological polar surface area (TPSA) is 101 Å². The number of thiazole rings is 1. The lowest BCUT2D eigenvalue weighted by Gasteiger charge is -2.20. The quantitative estimate of drug-likeness (QED) is 0.467. The highest BCUT2D eigenvalue weighted by Crippen LogP contribution is 2.52. The summed E-state index contributed by atoms with van der Waals surface area (Å²) in [5.74, 6) is -0.522. The largest absolute Gasteiger partial charge is 0.459 e. The Morgan fingerprint density at radius 1 is 1.44 bits per heavy atom. The van der Waals surface area contributed by atoms with E-state index in [0.29, 0.717) is 30.0 Å². The molecule has 0 unspecified atom stereocenters. The summed E-state index contributed by atoms with van der Waals surface area (Å²) < 4.78 is 16.6. The van der Waals surface area contributed by atoms with Crippen LogP contribution in [0.4, 0.5) is 5.13 Å². The average Bonchev–Trinajstić information content (AvgIpc) is 3.16. The smallest absolute Gasteiger partial charge is 0.324 e. The molecule has 0 saturated carbocycles.